The molecule has 2 heterocycles. The van der Waals surface area contributed by atoms with Crippen LogP contribution >= 0.6 is 0 Å². The number of amides is 1. The molecule has 0 bridgehead atoms. The first kappa shape index (κ1) is 14.6. The summed E-state index contributed by atoms with van der Waals surface area (Å²) in [6.07, 6.45) is -1.87. The smallest absolute Gasteiger partial charge is 0.256 e. The summed E-state index contributed by atoms with van der Waals surface area (Å²) >= 11 is 0. The van der Waals surface area contributed by atoms with Crippen LogP contribution in [0, 0.1) is 0 Å². The van der Waals surface area contributed by atoms with Crippen molar-refractivity contribution in [3.05, 3.63) is 16.7 Å². The lowest BCUT2D eigenvalue weighted by Gasteiger charge is -2.38. The summed E-state index contributed by atoms with van der Waals surface area (Å²) in [7, 11) is 1.41. The van der Waals surface area contributed by atoms with E-state index in [4.69, 9.17) is 19.9 Å². The number of methoxy groups -OCH3 is 1. The molecule has 0 saturated heterocycles. The molecule has 4 N–H and O–H groups in total. The molecule has 0 aliphatic carbocycles. The Kier molecular flexibility index (Phi) is 3.22. The van der Waals surface area contributed by atoms with Gasteiger partial charge in [-0.05, 0) is 6.92 Å². The second-order valence-corrected chi connectivity index (χ2v) is 5.20. The van der Waals surface area contributed by atoms with E-state index < -0.39 is 47.3 Å². The minimum atomic E-state index is -0.993. The van der Waals surface area contributed by atoms with E-state index >= 15 is 0 Å². The van der Waals surface area contributed by atoms with Gasteiger partial charge in [-0.1, -0.05) is 0 Å². The zero-order valence-electron chi connectivity index (χ0n) is 12.0. The third kappa shape index (κ3) is 1.84. The zero-order chi connectivity index (χ0) is 16.2. The van der Waals surface area contributed by atoms with Gasteiger partial charge in [0.15, 0.2) is 17.3 Å². The van der Waals surface area contributed by atoms with E-state index in [1.165, 1.54) is 7.11 Å². The maximum Gasteiger partial charge on any atom is 0.256 e. The molecule has 3 atom stereocenters. The zero-order valence-corrected chi connectivity index (χ0v) is 12.0. The van der Waals surface area contributed by atoms with Crippen LogP contribution in [-0.2, 0) is 9.47 Å². The molecule has 22 heavy (non-hydrogen) atoms. The highest BCUT2D eigenvalue weighted by Gasteiger charge is 2.44. The molecule has 2 aliphatic rings. The Balaban J connectivity index is 2.35. The van der Waals surface area contributed by atoms with E-state index in [-0.39, 0.29) is 23.3 Å². The molecular formula is C14H15NO7. The fourth-order valence-electron chi connectivity index (χ4n) is 2.88. The van der Waals surface area contributed by atoms with Gasteiger partial charge >= 0.3 is 0 Å². The molecule has 8 heteroatoms. The van der Waals surface area contributed by atoms with E-state index in [1.807, 2.05) is 0 Å². The van der Waals surface area contributed by atoms with Crippen LogP contribution in [0.5, 0.6) is 17.2 Å². The Morgan fingerprint density at radius 3 is 2.64 bits per heavy atom. The van der Waals surface area contributed by atoms with E-state index in [0.29, 0.717) is 0 Å². The van der Waals surface area contributed by atoms with Crippen LogP contribution in [0.25, 0.3) is 0 Å². The number of Topliss-reactive ketones (excluding diaryl/α,β-unsaturated/α-hetero) is 1. The van der Waals surface area contributed by atoms with Gasteiger partial charge in [0.2, 0.25) is 6.29 Å². The van der Waals surface area contributed by atoms with E-state index in [1.54, 1.807) is 6.92 Å². The largest absolute Gasteiger partial charge is 0.504 e. The summed E-state index contributed by atoms with van der Waals surface area (Å²) in [6.45, 7) is 1.54. The Bertz CT molecular complexity index is 685. The molecule has 1 aromatic rings. The molecule has 0 spiro atoms. The molecule has 0 fully saturated rings. The SMILES string of the molecule is CO[C@H]1C[C@@H]2O[C@@H](C)C(=O)c3c(O)c(O)c(C(N)=O)c(c32)O1. The van der Waals surface area contributed by atoms with Gasteiger partial charge in [-0.3, -0.25) is 9.59 Å². The van der Waals surface area contributed by atoms with Gasteiger partial charge in [-0.2, -0.15) is 0 Å². The topological polar surface area (TPSA) is 128 Å². The van der Waals surface area contributed by atoms with Crippen molar-refractivity contribution in [3.63, 3.8) is 0 Å². The van der Waals surface area contributed by atoms with Gasteiger partial charge in [0.25, 0.3) is 5.91 Å². The maximum atomic E-state index is 12.3. The van der Waals surface area contributed by atoms with Crippen LogP contribution in [0.4, 0.5) is 0 Å². The highest BCUT2D eigenvalue weighted by Crippen LogP contribution is 2.52. The summed E-state index contributed by atoms with van der Waals surface area (Å²) in [5.74, 6) is -3.04. The van der Waals surface area contributed by atoms with Gasteiger partial charge in [-0.15, -0.1) is 0 Å². The Labute approximate surface area is 125 Å². The van der Waals surface area contributed by atoms with Gasteiger partial charge in [-0.25, -0.2) is 0 Å². The number of phenols is 2. The second-order valence-electron chi connectivity index (χ2n) is 5.20. The minimum absolute atomic E-state index is 0.0823. The molecule has 0 unspecified atom stereocenters. The average molecular weight is 309 g/mol. The predicted octanol–water partition coefficient (Wildman–Crippen LogP) is 0.594. The molecule has 2 aliphatic heterocycles. The van der Waals surface area contributed by atoms with Crippen molar-refractivity contribution in [2.75, 3.05) is 7.11 Å². The molecule has 118 valence electrons. The first-order valence-electron chi connectivity index (χ1n) is 6.67. The Morgan fingerprint density at radius 1 is 1.36 bits per heavy atom. The van der Waals surface area contributed by atoms with Crippen LogP contribution in [0.1, 0.15) is 45.7 Å². The monoisotopic (exact) mass is 309 g/mol. The number of primary amides is 1. The molecular weight excluding hydrogens is 294 g/mol. The lowest BCUT2D eigenvalue weighted by molar-refractivity contribution is -0.118. The number of benzene rings is 1. The number of phenolic OH excluding ortho intramolecular Hbond substituents is 1. The van der Waals surface area contributed by atoms with Crippen molar-refractivity contribution >= 4 is 11.7 Å². The van der Waals surface area contributed by atoms with Crippen molar-refractivity contribution in [1.82, 2.24) is 0 Å². The highest BCUT2D eigenvalue weighted by atomic mass is 16.7. The molecule has 1 aromatic carbocycles. The fraction of sp³-hybridized carbons (Fsp3) is 0.429. The molecule has 3 rings (SSSR count). The number of aromatic hydroxyl groups is 2. The first-order chi connectivity index (χ1) is 10.4. The maximum absolute atomic E-state index is 12.3. The number of carbonyl (C=O) groups excluding carboxylic acids is 2. The van der Waals surface area contributed by atoms with Crippen LogP contribution < -0.4 is 10.5 Å². The lowest BCUT2D eigenvalue weighted by atomic mass is 9.86. The lowest BCUT2D eigenvalue weighted by Crippen LogP contribution is -2.38. The van der Waals surface area contributed by atoms with Crippen molar-refractivity contribution in [2.45, 2.75) is 31.8 Å². The summed E-state index contributed by atoms with van der Waals surface area (Å²) in [4.78, 5) is 23.9. The molecule has 1 amide bonds. The number of nitrogens with two attached hydrogens (primary N) is 1. The minimum Gasteiger partial charge on any atom is -0.504 e. The first-order valence-corrected chi connectivity index (χ1v) is 6.67. The number of ether oxygens (including phenoxy) is 3. The predicted molar refractivity (Wildman–Crippen MR) is 72.0 cm³/mol. The van der Waals surface area contributed by atoms with E-state index in [0.717, 1.165) is 0 Å². The number of ketones is 1. The molecule has 8 nitrogen and oxygen atoms in total. The number of rotatable bonds is 2. The summed E-state index contributed by atoms with van der Waals surface area (Å²) in [5.41, 5.74) is 4.98. The van der Waals surface area contributed by atoms with Crippen molar-refractivity contribution in [1.29, 1.82) is 0 Å². The Hall–Kier alpha value is -2.32. The fourth-order valence-corrected chi connectivity index (χ4v) is 2.88. The summed E-state index contributed by atoms with van der Waals surface area (Å²) in [6, 6.07) is 0. The molecule has 0 aromatic heterocycles. The van der Waals surface area contributed by atoms with Gasteiger partial charge in [0.1, 0.15) is 17.4 Å². The van der Waals surface area contributed by atoms with E-state index in [9.17, 15) is 19.8 Å². The van der Waals surface area contributed by atoms with Gasteiger partial charge in [0, 0.05) is 19.1 Å². The van der Waals surface area contributed by atoms with Crippen molar-refractivity contribution < 1.29 is 34.0 Å². The molecule has 0 saturated carbocycles. The quantitative estimate of drug-likeness (QED) is 0.682. The van der Waals surface area contributed by atoms with E-state index in [2.05, 4.69) is 0 Å². The normalized spacial score (nSPS) is 26.3. The number of hydrogen-bond acceptors (Lipinski definition) is 7. The van der Waals surface area contributed by atoms with Gasteiger partial charge in [0.05, 0.1) is 11.7 Å². The van der Waals surface area contributed by atoms with Crippen molar-refractivity contribution in [2.24, 2.45) is 5.73 Å². The van der Waals surface area contributed by atoms with Crippen LogP contribution in [0.3, 0.4) is 0 Å². The third-order valence-corrected chi connectivity index (χ3v) is 3.91. The number of carbonyl (C=O) groups is 2. The molecule has 0 radical (unpaired) electrons. The third-order valence-electron chi connectivity index (χ3n) is 3.91. The Morgan fingerprint density at radius 2 is 2.05 bits per heavy atom. The summed E-state index contributed by atoms with van der Waals surface area (Å²) < 4.78 is 16.3. The van der Waals surface area contributed by atoms with Crippen molar-refractivity contribution in [3.8, 4) is 17.2 Å². The van der Waals surface area contributed by atoms with Crippen LogP contribution in [0.2, 0.25) is 0 Å². The average Bonchev–Trinajstić information content (AvgIpc) is 2.46. The van der Waals surface area contributed by atoms with Gasteiger partial charge < -0.3 is 30.2 Å². The highest BCUT2D eigenvalue weighted by molar-refractivity contribution is 6.09. The number of hydrogen-bond donors (Lipinski definition) is 3. The second kappa shape index (κ2) is 4.85. The standard InChI is InChI=1S/C14H15NO7/c1-4-10(16)8-7-5(21-4)3-6(20-2)22-13(7)9(14(15)19)12(18)11(8)17/h4-6,17-18H,3H2,1-2H3,(H2,15,19)/t4-,5-,6+/m0/s1. The van der Waals surface area contributed by atoms with Crippen LogP contribution in [0.15, 0.2) is 0 Å². The van der Waals surface area contributed by atoms with Crippen LogP contribution in [-0.4, -0.2) is 41.4 Å². The summed E-state index contributed by atoms with van der Waals surface area (Å²) in [5, 5.41) is 20.2.